The number of anilines is 1. The van der Waals surface area contributed by atoms with Gasteiger partial charge in [0.15, 0.2) is 0 Å². The van der Waals surface area contributed by atoms with Gasteiger partial charge in [-0.25, -0.2) is 0 Å². The van der Waals surface area contributed by atoms with Crippen molar-refractivity contribution in [2.24, 2.45) is 0 Å². The molecule has 1 aromatic carbocycles. The van der Waals surface area contributed by atoms with Crippen LogP contribution < -0.4 is 5.32 Å². The van der Waals surface area contributed by atoms with E-state index in [-0.39, 0.29) is 5.91 Å². The lowest BCUT2D eigenvalue weighted by Crippen LogP contribution is -2.18. The number of rotatable bonds is 6. The van der Waals surface area contributed by atoms with E-state index in [0.717, 1.165) is 55.3 Å². The molecule has 3 heteroatoms. The molecule has 1 aromatic rings. The van der Waals surface area contributed by atoms with Crippen molar-refractivity contribution in [2.75, 3.05) is 19.4 Å². The minimum Gasteiger partial charge on any atom is -0.377 e. The van der Waals surface area contributed by atoms with Crippen LogP contribution in [0.15, 0.2) is 63.9 Å². The molecule has 3 nitrogen and oxygen atoms in total. The number of carbonyl (C=O) groups is 1. The van der Waals surface area contributed by atoms with Crippen molar-refractivity contribution in [3.05, 3.63) is 69.5 Å². The highest BCUT2D eigenvalue weighted by Gasteiger charge is 2.30. The van der Waals surface area contributed by atoms with Gasteiger partial charge in [-0.1, -0.05) is 50.1 Å². The van der Waals surface area contributed by atoms with Gasteiger partial charge in [0.2, 0.25) is 0 Å². The van der Waals surface area contributed by atoms with E-state index in [1.54, 1.807) is 0 Å². The van der Waals surface area contributed by atoms with Crippen molar-refractivity contribution in [3.8, 4) is 0 Å². The highest BCUT2D eigenvalue weighted by molar-refractivity contribution is 6.32. The van der Waals surface area contributed by atoms with Crippen molar-refractivity contribution < 1.29 is 4.79 Å². The summed E-state index contributed by atoms with van der Waals surface area (Å²) in [5.74, 6) is 0.0412. The van der Waals surface area contributed by atoms with Gasteiger partial charge in [-0.05, 0) is 74.3 Å². The van der Waals surface area contributed by atoms with Crippen molar-refractivity contribution >= 4 is 17.2 Å². The Morgan fingerprint density at radius 1 is 1.17 bits per heavy atom. The minimum atomic E-state index is 0.0412. The van der Waals surface area contributed by atoms with Crippen LogP contribution in [-0.4, -0.2) is 24.9 Å². The van der Waals surface area contributed by atoms with E-state index in [1.165, 1.54) is 33.6 Å². The smallest absolute Gasteiger partial charge is 0.256 e. The maximum absolute atomic E-state index is 12.9. The zero-order valence-corrected chi connectivity index (χ0v) is 19.5. The third kappa shape index (κ3) is 4.16. The highest BCUT2D eigenvalue weighted by atomic mass is 16.2. The van der Waals surface area contributed by atoms with Crippen LogP contribution in [0.4, 0.5) is 5.69 Å². The summed E-state index contributed by atoms with van der Waals surface area (Å²) in [6, 6.07) is 8.07. The third-order valence-corrected chi connectivity index (χ3v) is 6.22. The van der Waals surface area contributed by atoms with E-state index < -0.39 is 0 Å². The number of fused-ring (bicyclic) bond motifs is 1. The Kier molecular flexibility index (Phi) is 7.02. The quantitative estimate of drug-likeness (QED) is 0.415. The summed E-state index contributed by atoms with van der Waals surface area (Å²) in [5.41, 5.74) is 10.9. The van der Waals surface area contributed by atoms with Crippen molar-refractivity contribution in [1.82, 2.24) is 4.90 Å². The molecule has 0 aromatic heterocycles. The van der Waals surface area contributed by atoms with Gasteiger partial charge in [0.1, 0.15) is 0 Å². The Balaban J connectivity index is 2.24. The van der Waals surface area contributed by atoms with Crippen LogP contribution in [0.3, 0.4) is 0 Å². The number of amides is 1. The number of nitrogens with zero attached hydrogens (tertiary/aromatic N) is 1. The van der Waals surface area contributed by atoms with Crippen molar-refractivity contribution in [3.63, 3.8) is 0 Å². The molecule has 0 saturated carbocycles. The molecule has 160 valence electrons. The van der Waals surface area contributed by atoms with Gasteiger partial charge < -0.3 is 10.2 Å². The third-order valence-electron chi connectivity index (χ3n) is 6.22. The zero-order chi connectivity index (χ0) is 21.8. The maximum Gasteiger partial charge on any atom is 0.256 e. The first kappa shape index (κ1) is 22.1. The Morgan fingerprint density at radius 2 is 1.90 bits per heavy atom. The second kappa shape index (κ2) is 9.51. The first-order chi connectivity index (χ1) is 14.4. The molecule has 1 aliphatic heterocycles. The van der Waals surface area contributed by atoms with E-state index in [0.29, 0.717) is 0 Å². The van der Waals surface area contributed by atoms with Crippen LogP contribution in [0.1, 0.15) is 71.8 Å². The molecule has 0 spiro atoms. The molecule has 1 heterocycles. The predicted octanol–water partition coefficient (Wildman–Crippen LogP) is 6.86. The fourth-order valence-electron chi connectivity index (χ4n) is 4.87. The van der Waals surface area contributed by atoms with Crippen molar-refractivity contribution in [1.29, 1.82) is 0 Å². The Bertz CT molecular complexity index is 957. The molecule has 0 unspecified atom stereocenters. The van der Waals surface area contributed by atoms with E-state index in [4.69, 9.17) is 0 Å². The Hall–Kier alpha value is -2.55. The van der Waals surface area contributed by atoms with E-state index in [1.807, 2.05) is 18.2 Å². The lowest BCUT2D eigenvalue weighted by molar-refractivity contribution is -0.110. The van der Waals surface area contributed by atoms with Gasteiger partial charge in [0.25, 0.3) is 5.91 Å². The van der Waals surface area contributed by atoms with E-state index in [2.05, 4.69) is 64.1 Å². The SMILES string of the molecule is CC/C=C(\C(C1=C(C)/C(=C2\C(=O)Nc3ccccc32)CCC1)=C(/C)CCC)N(C)C. The Morgan fingerprint density at radius 3 is 2.57 bits per heavy atom. The minimum absolute atomic E-state index is 0.0412. The fourth-order valence-corrected chi connectivity index (χ4v) is 4.87. The number of hydrogen-bond acceptors (Lipinski definition) is 2. The number of carbonyl (C=O) groups excluding carboxylic acids is 1. The molecule has 0 bridgehead atoms. The number of benzene rings is 1. The van der Waals surface area contributed by atoms with Crippen molar-refractivity contribution in [2.45, 2.75) is 66.2 Å². The van der Waals surface area contributed by atoms with Crippen LogP contribution >= 0.6 is 0 Å². The average Bonchev–Trinajstić information content (AvgIpc) is 3.04. The van der Waals surface area contributed by atoms with Gasteiger partial charge >= 0.3 is 0 Å². The van der Waals surface area contributed by atoms with Crippen LogP contribution in [0.2, 0.25) is 0 Å². The molecule has 1 amide bonds. The Labute approximate surface area is 182 Å². The predicted molar refractivity (Wildman–Crippen MR) is 128 cm³/mol. The monoisotopic (exact) mass is 404 g/mol. The van der Waals surface area contributed by atoms with Gasteiger partial charge in [0, 0.05) is 31.0 Å². The first-order valence-corrected chi connectivity index (χ1v) is 11.3. The topological polar surface area (TPSA) is 32.3 Å². The van der Waals surface area contributed by atoms with E-state index in [9.17, 15) is 4.79 Å². The summed E-state index contributed by atoms with van der Waals surface area (Å²) in [5, 5.41) is 3.06. The molecule has 1 N–H and O–H groups in total. The summed E-state index contributed by atoms with van der Waals surface area (Å²) in [7, 11) is 4.28. The number of likely N-dealkylation sites (N-methyl/N-ethyl adjacent to an activating group) is 1. The van der Waals surface area contributed by atoms with Crippen LogP contribution in [0.25, 0.3) is 5.57 Å². The summed E-state index contributed by atoms with van der Waals surface area (Å²) in [6.45, 7) is 8.95. The lowest BCUT2D eigenvalue weighted by atomic mass is 9.79. The lowest BCUT2D eigenvalue weighted by Gasteiger charge is -2.30. The van der Waals surface area contributed by atoms with Gasteiger partial charge in [-0.15, -0.1) is 0 Å². The zero-order valence-electron chi connectivity index (χ0n) is 19.5. The summed E-state index contributed by atoms with van der Waals surface area (Å²) < 4.78 is 0. The fraction of sp³-hybridized carbons (Fsp3) is 0.444. The maximum atomic E-state index is 12.9. The molecule has 30 heavy (non-hydrogen) atoms. The summed E-state index contributed by atoms with van der Waals surface area (Å²) in [4.78, 5) is 15.2. The van der Waals surface area contributed by atoms with Gasteiger partial charge in [0.05, 0.1) is 5.57 Å². The van der Waals surface area contributed by atoms with Gasteiger partial charge in [-0.3, -0.25) is 4.79 Å². The first-order valence-electron chi connectivity index (χ1n) is 11.3. The molecule has 0 atom stereocenters. The van der Waals surface area contributed by atoms with Gasteiger partial charge in [-0.2, -0.15) is 0 Å². The van der Waals surface area contributed by atoms with Crippen LogP contribution in [0.5, 0.6) is 0 Å². The van der Waals surface area contributed by atoms with E-state index >= 15 is 0 Å². The standard InChI is InChI=1S/C27H36N2O/c1-7-12-18(3)25(24(13-8-2)29(5)6)20-15-11-16-21(19(20)4)26-22-14-9-10-17-23(22)28-27(26)30/h9-10,13-14,17H,7-8,11-12,15-16H2,1-6H3,(H,28,30)/b24-13+,25-18+,26-21-. The summed E-state index contributed by atoms with van der Waals surface area (Å²) in [6.07, 6.45) is 8.68. The molecular weight excluding hydrogens is 368 g/mol. The molecule has 2 aliphatic rings. The highest BCUT2D eigenvalue weighted by Crippen LogP contribution is 2.44. The number of para-hydroxylation sites is 1. The molecular formula is C27H36N2O. The summed E-state index contributed by atoms with van der Waals surface area (Å²) >= 11 is 0. The average molecular weight is 405 g/mol. The van der Waals surface area contributed by atoms with Crippen LogP contribution in [-0.2, 0) is 4.79 Å². The second-order valence-corrected chi connectivity index (χ2v) is 8.61. The second-order valence-electron chi connectivity index (χ2n) is 8.61. The molecule has 1 aliphatic carbocycles. The number of allylic oxidation sites excluding steroid dienone is 5. The largest absolute Gasteiger partial charge is 0.377 e. The number of nitrogens with one attached hydrogen (secondary N) is 1. The molecule has 3 rings (SSSR count). The molecule has 0 fully saturated rings. The molecule has 0 radical (unpaired) electrons. The normalized spacial score (nSPS) is 20.2. The molecule has 0 saturated heterocycles. The number of hydrogen-bond donors (Lipinski definition) is 1. The van der Waals surface area contributed by atoms with Crippen LogP contribution in [0, 0.1) is 0 Å².